The lowest BCUT2D eigenvalue weighted by molar-refractivity contribution is -0.121. The van der Waals surface area contributed by atoms with E-state index in [2.05, 4.69) is 35.3 Å². The van der Waals surface area contributed by atoms with Crippen LogP contribution in [0.5, 0.6) is 5.75 Å². The number of aryl methyl sites for hydroxylation is 3. The molecule has 0 aliphatic carbocycles. The van der Waals surface area contributed by atoms with E-state index in [0.29, 0.717) is 11.7 Å². The smallest absolute Gasteiger partial charge is 0.260 e. The van der Waals surface area contributed by atoms with Crippen molar-refractivity contribution >= 4 is 16.7 Å². The van der Waals surface area contributed by atoms with Gasteiger partial charge in [-0.3, -0.25) is 4.79 Å². The molecule has 4 rings (SSSR count). The summed E-state index contributed by atoms with van der Waals surface area (Å²) in [5, 5.41) is 4.90. The first-order valence-electron chi connectivity index (χ1n) is 12.7. The summed E-state index contributed by atoms with van der Waals surface area (Å²) >= 11 is 0. The van der Waals surface area contributed by atoms with E-state index in [-0.39, 0.29) is 18.9 Å². The van der Waals surface area contributed by atoms with Gasteiger partial charge in [-0.1, -0.05) is 67.9 Å². The number of benzene rings is 2. The van der Waals surface area contributed by atoms with Gasteiger partial charge in [0.2, 0.25) is 0 Å². The third-order valence-corrected chi connectivity index (χ3v) is 6.28. The summed E-state index contributed by atoms with van der Waals surface area (Å²) in [5.41, 5.74) is 4.23. The number of carbonyl (C=O) groups excluding carboxylic acids is 1. The average molecular weight is 474 g/mol. The summed E-state index contributed by atoms with van der Waals surface area (Å²) in [6.07, 6.45) is 10.8. The first kappa shape index (κ1) is 24.7. The standard InChI is InChI=1S/C29H35N3O3/c1-4-5-6-7-8-9-10-23-12-14-25(15-13-23)34-20-24(33)18-32-19-27(29-30-22(3)31-35-29)26-17-21(2)11-16-28(26)32/h11-17,19H,4-10,18,20H2,1-3H3. The van der Waals surface area contributed by atoms with Gasteiger partial charge in [-0.05, 0) is 56.5 Å². The number of rotatable bonds is 13. The number of unbranched alkanes of at least 4 members (excludes halogenated alkanes) is 5. The lowest BCUT2D eigenvalue weighted by Gasteiger charge is -2.08. The molecule has 0 atom stereocenters. The number of carbonyl (C=O) groups is 1. The molecular formula is C29H35N3O3. The van der Waals surface area contributed by atoms with Gasteiger partial charge >= 0.3 is 0 Å². The van der Waals surface area contributed by atoms with Gasteiger partial charge in [0.15, 0.2) is 11.6 Å². The Kier molecular flexibility index (Phi) is 8.35. The van der Waals surface area contributed by atoms with Crippen molar-refractivity contribution in [3.05, 3.63) is 65.6 Å². The zero-order chi connectivity index (χ0) is 24.6. The van der Waals surface area contributed by atoms with Crippen molar-refractivity contribution in [1.82, 2.24) is 14.7 Å². The highest BCUT2D eigenvalue weighted by Crippen LogP contribution is 2.30. The van der Waals surface area contributed by atoms with E-state index >= 15 is 0 Å². The largest absolute Gasteiger partial charge is 0.486 e. The predicted molar refractivity (Wildman–Crippen MR) is 139 cm³/mol. The second-order valence-corrected chi connectivity index (χ2v) is 9.33. The molecule has 0 aliphatic heterocycles. The molecule has 0 bridgehead atoms. The summed E-state index contributed by atoms with van der Waals surface area (Å²) in [4.78, 5) is 17.1. The summed E-state index contributed by atoms with van der Waals surface area (Å²) in [5.74, 6) is 1.75. The highest BCUT2D eigenvalue weighted by Gasteiger charge is 2.17. The number of fused-ring (bicyclic) bond motifs is 1. The maximum absolute atomic E-state index is 12.8. The van der Waals surface area contributed by atoms with Gasteiger partial charge in [0, 0.05) is 17.1 Å². The van der Waals surface area contributed by atoms with Crippen LogP contribution in [0, 0.1) is 13.8 Å². The zero-order valence-electron chi connectivity index (χ0n) is 21.0. The van der Waals surface area contributed by atoms with E-state index in [0.717, 1.165) is 34.2 Å². The Bertz CT molecular complexity index is 1250. The Labute approximate surface area is 207 Å². The molecule has 2 aromatic carbocycles. The van der Waals surface area contributed by atoms with Crippen molar-refractivity contribution in [3.8, 4) is 17.2 Å². The number of ketones is 1. The summed E-state index contributed by atoms with van der Waals surface area (Å²) < 4.78 is 13.1. The molecule has 0 spiro atoms. The molecule has 184 valence electrons. The highest BCUT2D eigenvalue weighted by molar-refractivity contribution is 5.95. The van der Waals surface area contributed by atoms with E-state index in [9.17, 15) is 4.79 Å². The third kappa shape index (κ3) is 6.59. The minimum absolute atomic E-state index is 0.00751. The van der Waals surface area contributed by atoms with E-state index in [1.165, 1.54) is 44.1 Å². The molecule has 0 saturated carbocycles. The molecule has 0 N–H and O–H groups in total. The van der Waals surface area contributed by atoms with Crippen molar-refractivity contribution < 1.29 is 14.1 Å². The molecule has 2 heterocycles. The summed E-state index contributed by atoms with van der Waals surface area (Å²) in [7, 11) is 0. The molecule has 6 nitrogen and oxygen atoms in total. The van der Waals surface area contributed by atoms with Gasteiger partial charge in [0.05, 0.1) is 12.1 Å². The lowest BCUT2D eigenvalue weighted by atomic mass is 10.0. The predicted octanol–water partition coefficient (Wildman–Crippen LogP) is 6.86. The van der Waals surface area contributed by atoms with E-state index in [1.807, 2.05) is 42.0 Å². The number of aromatic nitrogens is 3. The fraction of sp³-hybridized carbons (Fsp3) is 0.414. The monoisotopic (exact) mass is 473 g/mol. The van der Waals surface area contributed by atoms with Crippen LogP contribution in [0.3, 0.4) is 0 Å². The van der Waals surface area contributed by atoms with Crippen molar-refractivity contribution in [2.24, 2.45) is 0 Å². The number of hydrogen-bond donors (Lipinski definition) is 0. The summed E-state index contributed by atoms with van der Waals surface area (Å²) in [6.45, 7) is 6.31. The normalized spacial score (nSPS) is 11.3. The van der Waals surface area contributed by atoms with Crippen LogP contribution in [-0.2, 0) is 17.8 Å². The number of ether oxygens (including phenoxy) is 1. The molecule has 0 amide bonds. The Morgan fingerprint density at radius 1 is 1.00 bits per heavy atom. The molecule has 0 radical (unpaired) electrons. The van der Waals surface area contributed by atoms with Crippen molar-refractivity contribution in [1.29, 1.82) is 0 Å². The Hall–Kier alpha value is -3.41. The fourth-order valence-corrected chi connectivity index (χ4v) is 4.38. The zero-order valence-corrected chi connectivity index (χ0v) is 21.0. The van der Waals surface area contributed by atoms with Gasteiger partial charge in [-0.15, -0.1) is 0 Å². The van der Waals surface area contributed by atoms with Gasteiger partial charge in [0.1, 0.15) is 12.4 Å². The molecule has 35 heavy (non-hydrogen) atoms. The van der Waals surface area contributed by atoms with Gasteiger partial charge in [-0.25, -0.2) is 0 Å². The Morgan fingerprint density at radius 2 is 1.77 bits per heavy atom. The quantitative estimate of drug-likeness (QED) is 0.198. The first-order valence-corrected chi connectivity index (χ1v) is 12.7. The second-order valence-electron chi connectivity index (χ2n) is 9.33. The van der Waals surface area contributed by atoms with Crippen molar-refractivity contribution in [2.45, 2.75) is 72.3 Å². The van der Waals surface area contributed by atoms with Gasteiger partial charge < -0.3 is 13.8 Å². The van der Waals surface area contributed by atoms with Crippen molar-refractivity contribution in [3.63, 3.8) is 0 Å². The highest BCUT2D eigenvalue weighted by atomic mass is 16.5. The van der Waals surface area contributed by atoms with Crippen LogP contribution in [0.1, 0.15) is 62.4 Å². The molecule has 0 aliphatic rings. The van der Waals surface area contributed by atoms with Crippen LogP contribution >= 0.6 is 0 Å². The lowest BCUT2D eigenvalue weighted by Crippen LogP contribution is -2.17. The molecule has 4 aromatic rings. The van der Waals surface area contributed by atoms with Crippen LogP contribution in [0.25, 0.3) is 22.4 Å². The van der Waals surface area contributed by atoms with Crippen LogP contribution < -0.4 is 4.74 Å². The topological polar surface area (TPSA) is 70.2 Å². The Morgan fingerprint density at radius 3 is 2.51 bits per heavy atom. The molecule has 0 fully saturated rings. The summed E-state index contributed by atoms with van der Waals surface area (Å²) in [6, 6.07) is 14.3. The Balaban J connectivity index is 1.33. The van der Waals surface area contributed by atoms with E-state index in [1.54, 1.807) is 6.92 Å². The fourth-order valence-electron chi connectivity index (χ4n) is 4.38. The van der Waals surface area contributed by atoms with Crippen LogP contribution in [0.2, 0.25) is 0 Å². The average Bonchev–Trinajstić information content (AvgIpc) is 3.43. The second kappa shape index (κ2) is 11.8. The molecule has 0 unspecified atom stereocenters. The molecule has 0 saturated heterocycles. The number of hydrogen-bond acceptors (Lipinski definition) is 5. The molecular weight excluding hydrogens is 438 g/mol. The van der Waals surface area contributed by atoms with Crippen LogP contribution in [-0.4, -0.2) is 27.1 Å². The minimum Gasteiger partial charge on any atom is -0.486 e. The first-order chi connectivity index (χ1) is 17.0. The number of Topliss-reactive ketones (excluding diaryl/α,β-unsaturated/α-hetero) is 1. The third-order valence-electron chi connectivity index (χ3n) is 6.28. The van der Waals surface area contributed by atoms with E-state index in [4.69, 9.17) is 9.26 Å². The van der Waals surface area contributed by atoms with Gasteiger partial charge in [-0.2, -0.15) is 4.98 Å². The maximum Gasteiger partial charge on any atom is 0.260 e. The maximum atomic E-state index is 12.8. The molecule has 6 heteroatoms. The van der Waals surface area contributed by atoms with Crippen LogP contribution in [0.4, 0.5) is 0 Å². The van der Waals surface area contributed by atoms with Crippen molar-refractivity contribution in [2.75, 3.05) is 6.61 Å². The van der Waals surface area contributed by atoms with Crippen LogP contribution in [0.15, 0.2) is 53.2 Å². The van der Waals surface area contributed by atoms with E-state index < -0.39 is 0 Å². The SMILES string of the molecule is CCCCCCCCc1ccc(OCC(=O)Cn2cc(-c3nc(C)no3)c3cc(C)ccc32)cc1. The van der Waals surface area contributed by atoms with Gasteiger partial charge in [0.25, 0.3) is 5.89 Å². The molecule has 2 aromatic heterocycles. The minimum atomic E-state index is -0.00751. The number of nitrogens with zero attached hydrogens (tertiary/aromatic N) is 3.